The standard InChI is InChI=1S/C15H21N3O2/c1-4-13(16)10(2)15-17-14(18-20-15)9-11-6-5-7-12(8-11)19-3/h5-8,10,13H,4,9,16H2,1-3H3. The summed E-state index contributed by atoms with van der Waals surface area (Å²) in [6, 6.07) is 7.88. The van der Waals surface area contributed by atoms with Crippen molar-refractivity contribution in [2.45, 2.75) is 38.6 Å². The quantitative estimate of drug-likeness (QED) is 0.876. The minimum absolute atomic E-state index is 0.0418. The fourth-order valence-corrected chi connectivity index (χ4v) is 2.03. The van der Waals surface area contributed by atoms with Gasteiger partial charge in [-0.05, 0) is 24.1 Å². The first-order valence-electron chi connectivity index (χ1n) is 6.85. The van der Waals surface area contributed by atoms with Gasteiger partial charge in [-0.2, -0.15) is 4.98 Å². The normalized spacial score (nSPS) is 14.0. The maximum Gasteiger partial charge on any atom is 0.231 e. The summed E-state index contributed by atoms with van der Waals surface area (Å²) < 4.78 is 10.5. The fraction of sp³-hybridized carbons (Fsp3) is 0.467. The molecule has 0 bridgehead atoms. The average molecular weight is 275 g/mol. The Kier molecular flexibility index (Phi) is 4.74. The molecule has 108 valence electrons. The summed E-state index contributed by atoms with van der Waals surface area (Å²) in [5, 5.41) is 4.02. The van der Waals surface area contributed by atoms with Crippen LogP contribution in [0.4, 0.5) is 0 Å². The monoisotopic (exact) mass is 275 g/mol. The number of hydrogen-bond donors (Lipinski definition) is 1. The van der Waals surface area contributed by atoms with Crippen molar-refractivity contribution < 1.29 is 9.26 Å². The predicted octanol–water partition coefficient (Wildman–Crippen LogP) is 2.51. The highest BCUT2D eigenvalue weighted by Gasteiger charge is 2.19. The Labute approximate surface area is 119 Å². The summed E-state index contributed by atoms with van der Waals surface area (Å²) in [5.41, 5.74) is 7.09. The van der Waals surface area contributed by atoms with Crippen LogP contribution in [0, 0.1) is 0 Å². The van der Waals surface area contributed by atoms with Gasteiger partial charge in [0.1, 0.15) is 5.75 Å². The highest BCUT2D eigenvalue weighted by Crippen LogP contribution is 2.19. The summed E-state index contributed by atoms with van der Waals surface area (Å²) in [6.07, 6.45) is 1.50. The van der Waals surface area contributed by atoms with E-state index in [1.54, 1.807) is 7.11 Å². The lowest BCUT2D eigenvalue weighted by Gasteiger charge is -2.13. The van der Waals surface area contributed by atoms with Gasteiger partial charge in [0, 0.05) is 12.5 Å². The van der Waals surface area contributed by atoms with Gasteiger partial charge in [-0.3, -0.25) is 0 Å². The minimum atomic E-state index is 0.0418. The largest absolute Gasteiger partial charge is 0.497 e. The topological polar surface area (TPSA) is 74.2 Å². The lowest BCUT2D eigenvalue weighted by molar-refractivity contribution is 0.337. The number of nitrogens with zero attached hydrogens (tertiary/aromatic N) is 2. The highest BCUT2D eigenvalue weighted by molar-refractivity contribution is 5.30. The average Bonchev–Trinajstić information content (AvgIpc) is 2.94. The number of ether oxygens (including phenoxy) is 1. The van der Waals surface area contributed by atoms with E-state index in [9.17, 15) is 0 Å². The lowest BCUT2D eigenvalue weighted by Crippen LogP contribution is -2.25. The molecule has 2 atom stereocenters. The second-order valence-electron chi connectivity index (χ2n) is 4.94. The summed E-state index contributed by atoms with van der Waals surface area (Å²) in [6.45, 7) is 4.06. The maximum absolute atomic E-state index is 6.00. The Hall–Kier alpha value is -1.88. The molecule has 1 heterocycles. The van der Waals surface area contributed by atoms with Crippen LogP contribution in [-0.2, 0) is 6.42 Å². The van der Waals surface area contributed by atoms with Gasteiger partial charge in [0.25, 0.3) is 0 Å². The molecule has 0 fully saturated rings. The van der Waals surface area contributed by atoms with Crippen LogP contribution in [0.5, 0.6) is 5.75 Å². The van der Waals surface area contributed by atoms with E-state index in [1.165, 1.54) is 0 Å². The molecule has 0 amide bonds. The molecule has 2 unspecified atom stereocenters. The van der Waals surface area contributed by atoms with Crippen LogP contribution >= 0.6 is 0 Å². The molecule has 1 aromatic carbocycles. The second kappa shape index (κ2) is 6.52. The summed E-state index contributed by atoms with van der Waals surface area (Å²) >= 11 is 0. The Balaban J connectivity index is 2.09. The smallest absolute Gasteiger partial charge is 0.231 e. The molecule has 1 aromatic heterocycles. The van der Waals surface area contributed by atoms with Crippen LogP contribution in [0.15, 0.2) is 28.8 Å². The molecule has 0 saturated carbocycles. The molecule has 2 rings (SSSR count). The van der Waals surface area contributed by atoms with E-state index in [1.807, 2.05) is 31.2 Å². The number of hydrogen-bond acceptors (Lipinski definition) is 5. The van der Waals surface area contributed by atoms with Gasteiger partial charge in [0.2, 0.25) is 5.89 Å². The van der Waals surface area contributed by atoms with E-state index in [2.05, 4.69) is 17.1 Å². The molecule has 5 heteroatoms. The van der Waals surface area contributed by atoms with Crippen molar-refractivity contribution in [2.75, 3.05) is 7.11 Å². The first-order valence-corrected chi connectivity index (χ1v) is 6.85. The zero-order valence-electron chi connectivity index (χ0n) is 12.2. The predicted molar refractivity (Wildman–Crippen MR) is 76.8 cm³/mol. The summed E-state index contributed by atoms with van der Waals surface area (Å²) in [4.78, 5) is 4.43. The van der Waals surface area contributed by atoms with Crippen molar-refractivity contribution in [1.29, 1.82) is 0 Å². The molecule has 20 heavy (non-hydrogen) atoms. The van der Waals surface area contributed by atoms with E-state index < -0.39 is 0 Å². The van der Waals surface area contributed by atoms with Gasteiger partial charge in [0.05, 0.1) is 13.0 Å². The van der Waals surface area contributed by atoms with Crippen molar-refractivity contribution in [3.05, 3.63) is 41.5 Å². The third-order valence-electron chi connectivity index (χ3n) is 3.48. The van der Waals surface area contributed by atoms with Gasteiger partial charge >= 0.3 is 0 Å². The Bertz CT molecular complexity index is 554. The van der Waals surface area contributed by atoms with Gasteiger partial charge in [0.15, 0.2) is 5.82 Å². The van der Waals surface area contributed by atoms with Crippen molar-refractivity contribution in [1.82, 2.24) is 10.1 Å². The third kappa shape index (κ3) is 3.36. The van der Waals surface area contributed by atoms with Gasteiger partial charge in [-0.1, -0.05) is 31.1 Å². The van der Waals surface area contributed by atoms with Crippen LogP contribution in [-0.4, -0.2) is 23.3 Å². The zero-order chi connectivity index (χ0) is 14.5. The van der Waals surface area contributed by atoms with E-state index in [-0.39, 0.29) is 12.0 Å². The molecule has 0 aliphatic carbocycles. The van der Waals surface area contributed by atoms with E-state index in [0.717, 1.165) is 17.7 Å². The molecular weight excluding hydrogens is 254 g/mol. The van der Waals surface area contributed by atoms with Gasteiger partial charge < -0.3 is 15.0 Å². The Morgan fingerprint density at radius 3 is 2.90 bits per heavy atom. The van der Waals surface area contributed by atoms with Crippen molar-refractivity contribution in [3.8, 4) is 5.75 Å². The fourth-order valence-electron chi connectivity index (χ4n) is 2.03. The number of nitrogens with two attached hydrogens (primary N) is 1. The first-order chi connectivity index (χ1) is 9.63. The van der Waals surface area contributed by atoms with E-state index in [4.69, 9.17) is 15.0 Å². The number of methoxy groups -OCH3 is 1. The Morgan fingerprint density at radius 1 is 1.40 bits per heavy atom. The van der Waals surface area contributed by atoms with Crippen molar-refractivity contribution in [3.63, 3.8) is 0 Å². The van der Waals surface area contributed by atoms with E-state index in [0.29, 0.717) is 18.1 Å². The number of aromatic nitrogens is 2. The van der Waals surface area contributed by atoms with Gasteiger partial charge in [-0.15, -0.1) is 0 Å². The minimum Gasteiger partial charge on any atom is -0.497 e. The maximum atomic E-state index is 6.00. The molecule has 0 spiro atoms. The zero-order valence-corrected chi connectivity index (χ0v) is 12.2. The molecular formula is C15H21N3O2. The first kappa shape index (κ1) is 14.5. The molecule has 5 nitrogen and oxygen atoms in total. The summed E-state index contributed by atoms with van der Waals surface area (Å²) in [5.74, 6) is 2.18. The lowest BCUT2D eigenvalue weighted by atomic mass is 10.0. The molecule has 0 radical (unpaired) electrons. The van der Waals surface area contributed by atoms with Crippen molar-refractivity contribution >= 4 is 0 Å². The van der Waals surface area contributed by atoms with Crippen LogP contribution in [0.2, 0.25) is 0 Å². The van der Waals surface area contributed by atoms with Crippen LogP contribution in [0.25, 0.3) is 0 Å². The molecule has 0 aliphatic heterocycles. The summed E-state index contributed by atoms with van der Waals surface area (Å²) in [7, 11) is 1.65. The highest BCUT2D eigenvalue weighted by atomic mass is 16.5. The molecule has 0 aliphatic rings. The molecule has 2 aromatic rings. The molecule has 2 N–H and O–H groups in total. The van der Waals surface area contributed by atoms with Crippen LogP contribution in [0.1, 0.15) is 43.5 Å². The van der Waals surface area contributed by atoms with Crippen LogP contribution in [0.3, 0.4) is 0 Å². The van der Waals surface area contributed by atoms with Crippen molar-refractivity contribution in [2.24, 2.45) is 5.73 Å². The molecule has 0 saturated heterocycles. The third-order valence-corrected chi connectivity index (χ3v) is 3.48. The second-order valence-corrected chi connectivity index (χ2v) is 4.94. The number of rotatable bonds is 6. The van der Waals surface area contributed by atoms with E-state index >= 15 is 0 Å². The Morgan fingerprint density at radius 2 is 2.20 bits per heavy atom. The number of benzene rings is 1. The van der Waals surface area contributed by atoms with Crippen LogP contribution < -0.4 is 10.5 Å². The van der Waals surface area contributed by atoms with Gasteiger partial charge in [-0.25, -0.2) is 0 Å². The SMILES string of the molecule is CCC(N)C(C)c1nc(Cc2cccc(OC)c2)no1.